The first-order chi connectivity index (χ1) is 8.29. The van der Waals surface area contributed by atoms with Gasteiger partial charge in [-0.1, -0.05) is 42.5 Å². The number of benzene rings is 2. The van der Waals surface area contributed by atoms with Crippen molar-refractivity contribution < 1.29 is 4.79 Å². The summed E-state index contributed by atoms with van der Waals surface area (Å²) in [5.74, 6) is -0.123. The Hall–Kier alpha value is -2.13. The molecule has 0 radical (unpaired) electrons. The van der Waals surface area contributed by atoms with Crippen molar-refractivity contribution in [2.45, 2.75) is 6.04 Å². The first-order valence-corrected chi connectivity index (χ1v) is 5.43. The zero-order chi connectivity index (χ0) is 11.8. The Morgan fingerprint density at radius 1 is 0.941 bits per heavy atom. The average molecular weight is 224 g/mol. The van der Waals surface area contributed by atoms with Crippen molar-refractivity contribution in [1.82, 2.24) is 0 Å². The monoisotopic (exact) mass is 224 g/mol. The van der Waals surface area contributed by atoms with Gasteiger partial charge in [-0.15, -0.1) is 0 Å². The number of hydrogen-bond acceptors (Lipinski definition) is 3. The van der Waals surface area contributed by atoms with E-state index in [9.17, 15) is 10.0 Å². The highest BCUT2D eigenvalue weighted by molar-refractivity contribution is 6.11. The van der Waals surface area contributed by atoms with E-state index in [4.69, 9.17) is 0 Å². The summed E-state index contributed by atoms with van der Waals surface area (Å²) in [6.07, 6.45) is 0. The number of hydrogen-bond donors (Lipinski definition) is 0. The van der Waals surface area contributed by atoms with Crippen molar-refractivity contribution in [1.29, 1.82) is 0 Å². The van der Waals surface area contributed by atoms with Crippen LogP contribution < -0.4 is 5.06 Å². The van der Waals surface area contributed by atoms with E-state index in [1.807, 2.05) is 18.2 Å². The molecule has 2 aromatic rings. The van der Waals surface area contributed by atoms with Gasteiger partial charge in [0.1, 0.15) is 6.04 Å². The first-order valence-electron chi connectivity index (χ1n) is 5.43. The fourth-order valence-electron chi connectivity index (χ4n) is 2.19. The van der Waals surface area contributed by atoms with Crippen molar-refractivity contribution in [3.8, 4) is 0 Å². The van der Waals surface area contributed by atoms with Crippen LogP contribution in [0.25, 0.3) is 0 Å². The molecule has 3 heteroatoms. The number of ketones is 1. The van der Waals surface area contributed by atoms with Crippen molar-refractivity contribution in [3.63, 3.8) is 0 Å². The van der Waals surface area contributed by atoms with Crippen LogP contribution in [0.2, 0.25) is 0 Å². The highest BCUT2D eigenvalue weighted by atomic mass is 16.5. The molecule has 3 rings (SSSR count). The van der Waals surface area contributed by atoms with Crippen LogP contribution in [0.15, 0.2) is 54.6 Å². The maximum atomic E-state index is 12.2. The second-order valence-corrected chi connectivity index (χ2v) is 4.02. The molecular weight excluding hydrogens is 214 g/mol. The lowest BCUT2D eigenvalue weighted by Crippen LogP contribution is -2.21. The van der Waals surface area contributed by atoms with Gasteiger partial charge < -0.3 is 10.3 Å². The van der Waals surface area contributed by atoms with Gasteiger partial charge in [-0.05, 0) is 17.7 Å². The Morgan fingerprint density at radius 2 is 1.59 bits per heavy atom. The van der Waals surface area contributed by atoms with Crippen molar-refractivity contribution in [2.24, 2.45) is 0 Å². The van der Waals surface area contributed by atoms with E-state index >= 15 is 0 Å². The quantitative estimate of drug-likeness (QED) is 0.748. The molecule has 0 amide bonds. The second-order valence-electron chi connectivity index (χ2n) is 4.02. The molecule has 0 N–H and O–H groups in total. The second kappa shape index (κ2) is 3.71. The summed E-state index contributed by atoms with van der Waals surface area (Å²) in [6, 6.07) is 15.3. The molecule has 0 fully saturated rings. The van der Waals surface area contributed by atoms with Gasteiger partial charge in [0, 0.05) is 11.3 Å². The topological polar surface area (TPSA) is 43.4 Å². The van der Waals surface area contributed by atoms with Crippen LogP contribution in [0.4, 0.5) is 5.69 Å². The molecule has 0 aromatic heterocycles. The molecule has 0 aliphatic carbocycles. The van der Waals surface area contributed by atoms with Crippen molar-refractivity contribution in [2.75, 3.05) is 5.06 Å². The Labute approximate surface area is 98.9 Å². The number of fused-ring (bicyclic) bond motifs is 1. The molecule has 1 aliphatic rings. The predicted octanol–water partition coefficient (Wildman–Crippen LogP) is 2.93. The van der Waals surface area contributed by atoms with Crippen LogP contribution in [0.3, 0.4) is 0 Å². The number of anilines is 1. The molecule has 1 unspecified atom stereocenters. The van der Waals surface area contributed by atoms with Crippen LogP contribution in [-0.2, 0) is 0 Å². The molecule has 1 heterocycles. The van der Waals surface area contributed by atoms with Crippen LogP contribution in [0.5, 0.6) is 0 Å². The molecule has 0 spiro atoms. The Morgan fingerprint density at radius 3 is 2.29 bits per heavy atom. The van der Waals surface area contributed by atoms with E-state index in [0.717, 1.165) is 10.6 Å². The van der Waals surface area contributed by atoms with Crippen LogP contribution in [-0.4, -0.2) is 5.78 Å². The largest absolute Gasteiger partial charge is 0.758 e. The number of hydroxylamine groups is 1. The zero-order valence-electron chi connectivity index (χ0n) is 9.04. The molecule has 0 saturated heterocycles. The standard InChI is InChI=1S/C14H10NO2/c16-14-11-8-4-5-9-12(11)15(17)13(14)10-6-2-1-3-7-10/h1-9,13H/q-1. The number of para-hydroxylation sites is 1. The van der Waals surface area contributed by atoms with E-state index in [2.05, 4.69) is 0 Å². The summed E-state index contributed by atoms with van der Waals surface area (Å²) in [7, 11) is 0. The van der Waals surface area contributed by atoms with E-state index in [1.54, 1.807) is 36.4 Å². The van der Waals surface area contributed by atoms with E-state index in [-0.39, 0.29) is 5.78 Å². The van der Waals surface area contributed by atoms with Crippen LogP contribution >= 0.6 is 0 Å². The first kappa shape index (κ1) is 10.1. The zero-order valence-corrected chi connectivity index (χ0v) is 9.04. The molecule has 2 aromatic carbocycles. The Bertz CT molecular complexity index is 565. The summed E-state index contributed by atoms with van der Waals surface area (Å²) in [5, 5.41) is 12.9. The molecular formula is C14H10NO2-. The molecule has 84 valence electrons. The minimum atomic E-state index is -0.728. The van der Waals surface area contributed by atoms with Gasteiger partial charge in [0.25, 0.3) is 0 Å². The third kappa shape index (κ3) is 1.44. The number of nitrogens with zero attached hydrogens (tertiary/aromatic N) is 1. The molecule has 17 heavy (non-hydrogen) atoms. The minimum Gasteiger partial charge on any atom is -0.758 e. The molecule has 0 saturated carbocycles. The highest BCUT2D eigenvalue weighted by Crippen LogP contribution is 2.38. The average Bonchev–Trinajstić information content (AvgIpc) is 2.64. The maximum Gasteiger partial charge on any atom is 0.191 e. The number of carbonyl (C=O) groups excluding carboxylic acids is 1. The summed E-state index contributed by atoms with van der Waals surface area (Å²) in [4.78, 5) is 12.2. The lowest BCUT2D eigenvalue weighted by molar-refractivity contribution is 0.0973. The highest BCUT2D eigenvalue weighted by Gasteiger charge is 2.32. The third-order valence-corrected chi connectivity index (χ3v) is 3.01. The van der Waals surface area contributed by atoms with E-state index in [0.29, 0.717) is 11.3 Å². The van der Waals surface area contributed by atoms with Gasteiger partial charge in [0.05, 0.1) is 0 Å². The Kier molecular flexibility index (Phi) is 2.20. The van der Waals surface area contributed by atoms with E-state index in [1.165, 1.54) is 0 Å². The molecule has 1 aliphatic heterocycles. The van der Waals surface area contributed by atoms with E-state index < -0.39 is 6.04 Å². The molecule has 1 atom stereocenters. The number of carbonyl (C=O) groups is 1. The van der Waals surface area contributed by atoms with Crippen LogP contribution in [0.1, 0.15) is 22.0 Å². The van der Waals surface area contributed by atoms with Crippen molar-refractivity contribution in [3.05, 3.63) is 70.9 Å². The van der Waals surface area contributed by atoms with Gasteiger partial charge in [-0.25, -0.2) is 0 Å². The predicted molar refractivity (Wildman–Crippen MR) is 65.8 cm³/mol. The summed E-state index contributed by atoms with van der Waals surface area (Å²) in [5.41, 5.74) is 1.71. The summed E-state index contributed by atoms with van der Waals surface area (Å²) in [6.45, 7) is 0. The third-order valence-electron chi connectivity index (χ3n) is 3.01. The smallest absolute Gasteiger partial charge is 0.191 e. The maximum absolute atomic E-state index is 12.2. The number of Topliss-reactive ketones (excluding diaryl/α,β-unsaturated/α-hetero) is 1. The van der Waals surface area contributed by atoms with Gasteiger partial charge in [-0.3, -0.25) is 4.79 Å². The minimum absolute atomic E-state index is 0.123. The lowest BCUT2D eigenvalue weighted by Gasteiger charge is -2.32. The molecule has 3 nitrogen and oxygen atoms in total. The summed E-state index contributed by atoms with van der Waals surface area (Å²) < 4.78 is 0. The van der Waals surface area contributed by atoms with Gasteiger partial charge >= 0.3 is 0 Å². The van der Waals surface area contributed by atoms with Crippen LogP contribution in [0, 0.1) is 5.21 Å². The van der Waals surface area contributed by atoms with Gasteiger partial charge in [0.15, 0.2) is 5.78 Å². The number of rotatable bonds is 1. The van der Waals surface area contributed by atoms with Gasteiger partial charge in [-0.2, -0.15) is 0 Å². The van der Waals surface area contributed by atoms with Crippen molar-refractivity contribution >= 4 is 11.5 Å². The molecule has 0 bridgehead atoms. The summed E-state index contributed by atoms with van der Waals surface area (Å²) >= 11 is 0. The van der Waals surface area contributed by atoms with Gasteiger partial charge in [0.2, 0.25) is 0 Å². The lowest BCUT2D eigenvalue weighted by atomic mass is 10.0. The fraction of sp³-hybridized carbons (Fsp3) is 0.0714. The Balaban J connectivity index is 2.10. The fourth-order valence-corrected chi connectivity index (χ4v) is 2.19. The SMILES string of the molecule is O=C1c2ccccc2N([O-])C1c1ccccc1. The normalized spacial score (nSPS) is 18.3.